The van der Waals surface area contributed by atoms with E-state index in [4.69, 9.17) is 5.26 Å². The molecule has 4 heteroatoms. The summed E-state index contributed by atoms with van der Waals surface area (Å²) in [5.74, 6) is 0.859. The minimum atomic E-state index is 0.241. The Kier molecular flexibility index (Phi) is 5.65. The number of nitrogens with zero attached hydrogens (tertiary/aromatic N) is 2. The van der Waals surface area contributed by atoms with Crippen LogP contribution in [0.5, 0.6) is 0 Å². The molecule has 2 aliphatic rings. The van der Waals surface area contributed by atoms with Crippen molar-refractivity contribution in [2.24, 2.45) is 5.92 Å². The van der Waals surface area contributed by atoms with E-state index in [0.717, 1.165) is 32.4 Å². The predicted molar refractivity (Wildman–Crippen MR) is 74.4 cm³/mol. The van der Waals surface area contributed by atoms with Crippen molar-refractivity contribution in [2.75, 3.05) is 19.6 Å². The van der Waals surface area contributed by atoms with Crippen LogP contribution in [0.4, 0.5) is 0 Å². The molecule has 19 heavy (non-hydrogen) atoms. The highest BCUT2D eigenvalue weighted by molar-refractivity contribution is 5.76. The minimum Gasteiger partial charge on any atom is -0.353 e. The Bertz CT molecular complexity index is 323. The first-order valence-electron chi connectivity index (χ1n) is 7.66. The molecule has 0 radical (unpaired) electrons. The maximum atomic E-state index is 12.0. The van der Waals surface area contributed by atoms with Gasteiger partial charge in [0.1, 0.15) is 0 Å². The van der Waals surface area contributed by atoms with Crippen LogP contribution < -0.4 is 5.32 Å². The SMILES string of the molecule is N#CCN1CCC(NC(=O)CC2CCCCC2)CC1. The zero-order valence-electron chi connectivity index (χ0n) is 11.7. The lowest BCUT2D eigenvalue weighted by molar-refractivity contribution is -0.123. The molecule has 1 aliphatic carbocycles. The highest BCUT2D eigenvalue weighted by atomic mass is 16.1. The molecule has 1 aliphatic heterocycles. The van der Waals surface area contributed by atoms with Crippen LogP contribution in [0.2, 0.25) is 0 Å². The summed E-state index contributed by atoms with van der Waals surface area (Å²) in [7, 11) is 0. The summed E-state index contributed by atoms with van der Waals surface area (Å²) in [5, 5.41) is 11.8. The number of rotatable bonds is 4. The molecular weight excluding hydrogens is 238 g/mol. The van der Waals surface area contributed by atoms with Crippen molar-refractivity contribution in [1.29, 1.82) is 5.26 Å². The number of piperidine rings is 1. The standard InChI is InChI=1S/C15H25N3O/c16-8-11-18-9-6-14(7-10-18)17-15(19)12-13-4-2-1-3-5-13/h13-14H,1-7,9-12H2,(H,17,19). The number of nitrogens with one attached hydrogen (secondary N) is 1. The highest BCUT2D eigenvalue weighted by Gasteiger charge is 2.22. The lowest BCUT2D eigenvalue weighted by Gasteiger charge is -2.31. The smallest absolute Gasteiger partial charge is 0.220 e. The lowest BCUT2D eigenvalue weighted by Crippen LogP contribution is -2.45. The van der Waals surface area contributed by atoms with Crippen LogP contribution in [-0.2, 0) is 4.79 Å². The zero-order chi connectivity index (χ0) is 13.5. The second-order valence-corrected chi connectivity index (χ2v) is 5.98. The first kappa shape index (κ1) is 14.3. The van der Waals surface area contributed by atoms with Crippen LogP contribution in [-0.4, -0.2) is 36.5 Å². The van der Waals surface area contributed by atoms with Crippen LogP contribution in [0.15, 0.2) is 0 Å². The molecule has 0 aromatic carbocycles. The number of carbonyl (C=O) groups excluding carboxylic acids is 1. The third kappa shape index (κ3) is 4.83. The number of nitriles is 1. The molecule has 0 aromatic rings. The summed E-state index contributed by atoms with van der Waals surface area (Å²) >= 11 is 0. The van der Waals surface area contributed by atoms with Gasteiger partial charge in [-0.3, -0.25) is 9.69 Å². The zero-order valence-corrected chi connectivity index (χ0v) is 11.7. The first-order valence-corrected chi connectivity index (χ1v) is 7.66. The van der Waals surface area contributed by atoms with Gasteiger partial charge in [-0.1, -0.05) is 19.3 Å². The van der Waals surface area contributed by atoms with Crippen molar-refractivity contribution < 1.29 is 4.79 Å². The third-order valence-corrected chi connectivity index (χ3v) is 4.45. The molecule has 1 saturated carbocycles. The summed E-state index contributed by atoms with van der Waals surface area (Å²) in [6.07, 6.45) is 9.08. The van der Waals surface area contributed by atoms with E-state index in [2.05, 4.69) is 16.3 Å². The van der Waals surface area contributed by atoms with Crippen LogP contribution >= 0.6 is 0 Å². The van der Waals surface area contributed by atoms with Gasteiger partial charge in [-0.2, -0.15) is 5.26 Å². The van der Waals surface area contributed by atoms with Crippen molar-refractivity contribution in [2.45, 2.75) is 57.4 Å². The Morgan fingerprint density at radius 1 is 1.16 bits per heavy atom. The number of carbonyl (C=O) groups is 1. The van der Waals surface area contributed by atoms with E-state index in [0.29, 0.717) is 18.5 Å². The van der Waals surface area contributed by atoms with E-state index in [-0.39, 0.29) is 5.91 Å². The Morgan fingerprint density at radius 2 is 1.84 bits per heavy atom. The topological polar surface area (TPSA) is 56.1 Å². The maximum Gasteiger partial charge on any atom is 0.220 e. The average Bonchev–Trinajstić information content (AvgIpc) is 2.42. The van der Waals surface area contributed by atoms with Crippen LogP contribution in [0, 0.1) is 17.2 Å². The Morgan fingerprint density at radius 3 is 2.47 bits per heavy atom. The summed E-state index contributed by atoms with van der Waals surface area (Å²) in [6.45, 7) is 2.38. The molecule has 0 aromatic heterocycles. The van der Waals surface area contributed by atoms with E-state index in [1.165, 1.54) is 32.1 Å². The first-order chi connectivity index (χ1) is 9.28. The summed E-state index contributed by atoms with van der Waals surface area (Å²) in [4.78, 5) is 14.2. The van der Waals surface area contributed by atoms with Crippen molar-refractivity contribution >= 4 is 5.91 Å². The Labute approximate surface area is 116 Å². The quantitative estimate of drug-likeness (QED) is 0.790. The third-order valence-electron chi connectivity index (χ3n) is 4.45. The molecule has 0 atom stereocenters. The van der Waals surface area contributed by atoms with Gasteiger partial charge in [-0.15, -0.1) is 0 Å². The summed E-state index contributed by atoms with van der Waals surface area (Å²) < 4.78 is 0. The van der Waals surface area contributed by atoms with Gasteiger partial charge in [0.05, 0.1) is 12.6 Å². The normalized spacial score (nSPS) is 22.9. The van der Waals surface area contributed by atoms with Gasteiger partial charge in [-0.25, -0.2) is 0 Å². The number of amides is 1. The van der Waals surface area contributed by atoms with Crippen molar-refractivity contribution in [3.63, 3.8) is 0 Å². The van der Waals surface area contributed by atoms with Gasteiger partial charge in [0, 0.05) is 25.6 Å². The number of hydrogen-bond donors (Lipinski definition) is 1. The largest absolute Gasteiger partial charge is 0.353 e. The lowest BCUT2D eigenvalue weighted by atomic mass is 9.86. The molecule has 2 fully saturated rings. The minimum absolute atomic E-state index is 0.241. The van der Waals surface area contributed by atoms with Crippen molar-refractivity contribution in [3.8, 4) is 6.07 Å². The molecule has 1 heterocycles. The second kappa shape index (κ2) is 7.49. The van der Waals surface area contributed by atoms with Gasteiger partial charge in [0.15, 0.2) is 0 Å². The molecule has 106 valence electrons. The van der Waals surface area contributed by atoms with Gasteiger partial charge < -0.3 is 5.32 Å². The molecule has 0 spiro atoms. The predicted octanol–water partition coefficient (Wildman–Crippen LogP) is 2.06. The van der Waals surface area contributed by atoms with Crippen LogP contribution in [0.3, 0.4) is 0 Å². The van der Waals surface area contributed by atoms with Crippen molar-refractivity contribution in [3.05, 3.63) is 0 Å². The van der Waals surface area contributed by atoms with Gasteiger partial charge >= 0.3 is 0 Å². The summed E-state index contributed by atoms with van der Waals surface area (Å²) in [6, 6.07) is 2.51. The van der Waals surface area contributed by atoms with E-state index in [1.807, 2.05) is 0 Å². The van der Waals surface area contributed by atoms with E-state index >= 15 is 0 Å². The van der Waals surface area contributed by atoms with Gasteiger partial charge in [-0.05, 0) is 31.6 Å². The molecular formula is C15H25N3O. The number of hydrogen-bond acceptors (Lipinski definition) is 3. The molecule has 2 rings (SSSR count). The fourth-order valence-electron chi connectivity index (χ4n) is 3.28. The van der Waals surface area contributed by atoms with Crippen molar-refractivity contribution in [1.82, 2.24) is 10.2 Å². The molecule has 0 unspecified atom stereocenters. The fourth-order valence-corrected chi connectivity index (χ4v) is 3.28. The average molecular weight is 263 g/mol. The van der Waals surface area contributed by atoms with Gasteiger partial charge in [0.25, 0.3) is 0 Å². The molecule has 1 N–H and O–H groups in total. The van der Waals surface area contributed by atoms with E-state index < -0.39 is 0 Å². The molecule has 1 amide bonds. The fraction of sp³-hybridized carbons (Fsp3) is 0.867. The monoisotopic (exact) mass is 263 g/mol. The molecule has 1 saturated heterocycles. The Balaban J connectivity index is 1.64. The highest BCUT2D eigenvalue weighted by Crippen LogP contribution is 2.26. The molecule has 4 nitrogen and oxygen atoms in total. The maximum absolute atomic E-state index is 12.0. The second-order valence-electron chi connectivity index (χ2n) is 5.98. The Hall–Kier alpha value is -1.08. The van der Waals surface area contributed by atoms with E-state index in [9.17, 15) is 4.79 Å². The summed E-state index contributed by atoms with van der Waals surface area (Å²) in [5.41, 5.74) is 0. The number of likely N-dealkylation sites (tertiary alicyclic amines) is 1. The van der Waals surface area contributed by atoms with E-state index in [1.54, 1.807) is 0 Å². The van der Waals surface area contributed by atoms with Crippen LogP contribution in [0.25, 0.3) is 0 Å². The molecule has 0 bridgehead atoms. The van der Waals surface area contributed by atoms with Crippen LogP contribution in [0.1, 0.15) is 51.4 Å². The van der Waals surface area contributed by atoms with Gasteiger partial charge in [0.2, 0.25) is 5.91 Å².